The second-order valence-corrected chi connectivity index (χ2v) is 7.36. The van der Waals surface area contributed by atoms with Crippen molar-refractivity contribution in [2.24, 2.45) is 0 Å². The molecule has 30 heavy (non-hydrogen) atoms. The Bertz CT molecular complexity index is 1120. The molecule has 0 heterocycles. The second-order valence-electron chi connectivity index (χ2n) is 7.36. The lowest BCUT2D eigenvalue weighted by atomic mass is 10.1. The first-order valence-corrected chi connectivity index (χ1v) is 10.2. The van der Waals surface area contributed by atoms with Gasteiger partial charge >= 0.3 is 0 Å². The van der Waals surface area contributed by atoms with Gasteiger partial charge in [-0.2, -0.15) is 0 Å². The molecule has 0 radical (unpaired) electrons. The normalized spacial score (nSPS) is 11.2. The molecule has 146 valence electrons. The van der Waals surface area contributed by atoms with Crippen molar-refractivity contribution in [1.82, 2.24) is 0 Å². The zero-order chi connectivity index (χ0) is 20.6. The third-order valence-electron chi connectivity index (χ3n) is 4.92. The van der Waals surface area contributed by atoms with Crippen LogP contribution in [0.4, 0.5) is 11.4 Å². The third kappa shape index (κ3) is 5.59. The fraction of sp³-hybridized carbons (Fsp3) is 0.0345. The van der Waals surface area contributed by atoms with Crippen molar-refractivity contribution in [3.63, 3.8) is 0 Å². The van der Waals surface area contributed by atoms with Crippen LogP contribution in [0.5, 0.6) is 0 Å². The van der Waals surface area contributed by atoms with E-state index in [0.29, 0.717) is 0 Å². The van der Waals surface area contributed by atoms with Crippen molar-refractivity contribution < 1.29 is 0 Å². The van der Waals surface area contributed by atoms with Gasteiger partial charge in [0.25, 0.3) is 0 Å². The van der Waals surface area contributed by atoms with Crippen molar-refractivity contribution in [3.8, 4) is 0 Å². The molecule has 0 spiro atoms. The molecule has 0 aliphatic rings. The zero-order valence-corrected chi connectivity index (χ0v) is 17.1. The standard InChI is InChI=1S/C29H25N/c1-23-7-9-25(10-8-23)13-14-27-17-21-29(22-18-27)30-28-19-15-26(16-20-28)12-11-24-5-3-2-4-6-24/h2-22,30H,1H3. The van der Waals surface area contributed by atoms with Gasteiger partial charge in [0.15, 0.2) is 0 Å². The molecule has 1 nitrogen and oxygen atoms in total. The van der Waals surface area contributed by atoms with Crippen LogP contribution in [-0.2, 0) is 0 Å². The molecule has 0 amide bonds. The van der Waals surface area contributed by atoms with Crippen molar-refractivity contribution in [2.75, 3.05) is 5.32 Å². The number of hydrogen-bond donors (Lipinski definition) is 1. The Labute approximate surface area is 179 Å². The van der Waals surface area contributed by atoms with Crippen LogP contribution in [0.2, 0.25) is 0 Å². The highest BCUT2D eigenvalue weighted by Crippen LogP contribution is 2.19. The molecule has 0 aromatic heterocycles. The van der Waals surface area contributed by atoms with Crippen LogP contribution in [0.1, 0.15) is 27.8 Å². The summed E-state index contributed by atoms with van der Waals surface area (Å²) in [4.78, 5) is 0. The van der Waals surface area contributed by atoms with Crippen molar-refractivity contribution in [1.29, 1.82) is 0 Å². The van der Waals surface area contributed by atoms with Gasteiger partial charge in [-0.1, -0.05) is 109 Å². The van der Waals surface area contributed by atoms with E-state index in [4.69, 9.17) is 0 Å². The van der Waals surface area contributed by atoms with Crippen LogP contribution >= 0.6 is 0 Å². The van der Waals surface area contributed by atoms with Gasteiger partial charge in [0, 0.05) is 11.4 Å². The minimum atomic E-state index is 1.08. The summed E-state index contributed by atoms with van der Waals surface area (Å²) in [7, 11) is 0. The molecule has 4 rings (SSSR count). The number of anilines is 2. The number of nitrogens with one attached hydrogen (secondary N) is 1. The molecule has 0 saturated carbocycles. The SMILES string of the molecule is Cc1ccc(C=Cc2ccc(Nc3ccc(C=Cc4ccccc4)cc3)cc2)cc1. The predicted octanol–water partition coefficient (Wildman–Crippen LogP) is 8.08. The Morgan fingerprint density at radius 3 is 1.23 bits per heavy atom. The number of benzene rings is 4. The number of rotatable bonds is 6. The van der Waals surface area contributed by atoms with Gasteiger partial charge in [0.1, 0.15) is 0 Å². The average molecular weight is 388 g/mol. The first kappa shape index (κ1) is 19.5. The molecule has 1 N–H and O–H groups in total. The summed E-state index contributed by atoms with van der Waals surface area (Å²) < 4.78 is 0. The third-order valence-corrected chi connectivity index (χ3v) is 4.92. The van der Waals surface area contributed by atoms with Crippen molar-refractivity contribution in [3.05, 3.63) is 131 Å². The van der Waals surface area contributed by atoms with E-state index in [0.717, 1.165) is 11.4 Å². The molecule has 0 aliphatic carbocycles. The van der Waals surface area contributed by atoms with Gasteiger partial charge in [0.05, 0.1) is 0 Å². The Balaban J connectivity index is 1.36. The maximum Gasteiger partial charge on any atom is 0.0384 e. The van der Waals surface area contributed by atoms with Gasteiger partial charge in [-0.05, 0) is 53.4 Å². The van der Waals surface area contributed by atoms with Crippen molar-refractivity contribution >= 4 is 35.7 Å². The molecule has 0 saturated heterocycles. The predicted molar refractivity (Wildman–Crippen MR) is 132 cm³/mol. The molecule has 4 aromatic carbocycles. The van der Waals surface area contributed by atoms with Crippen LogP contribution in [0.25, 0.3) is 24.3 Å². The maximum absolute atomic E-state index is 3.46. The Hall–Kier alpha value is -3.84. The smallest absolute Gasteiger partial charge is 0.0384 e. The summed E-state index contributed by atoms with van der Waals surface area (Å²) in [5.74, 6) is 0. The number of aryl methyl sites for hydroxylation is 1. The fourth-order valence-corrected chi connectivity index (χ4v) is 3.15. The molecule has 4 aromatic rings. The highest BCUT2D eigenvalue weighted by molar-refractivity contribution is 5.73. The van der Waals surface area contributed by atoms with E-state index in [1.807, 2.05) is 6.07 Å². The molecular formula is C29H25N. The molecule has 0 fully saturated rings. The summed E-state index contributed by atoms with van der Waals surface area (Å²) in [6.07, 6.45) is 8.55. The topological polar surface area (TPSA) is 12.0 Å². The van der Waals surface area contributed by atoms with Crippen LogP contribution in [-0.4, -0.2) is 0 Å². The summed E-state index contributed by atoms with van der Waals surface area (Å²) in [5.41, 5.74) is 8.22. The lowest BCUT2D eigenvalue weighted by Crippen LogP contribution is -1.89. The fourth-order valence-electron chi connectivity index (χ4n) is 3.15. The summed E-state index contributed by atoms with van der Waals surface area (Å²) >= 11 is 0. The Kier molecular flexibility index (Phi) is 6.22. The summed E-state index contributed by atoms with van der Waals surface area (Å²) in [5, 5.41) is 3.46. The molecule has 0 bridgehead atoms. The highest BCUT2D eigenvalue weighted by Gasteiger charge is 1.96. The Morgan fingerprint density at radius 2 is 0.800 bits per heavy atom. The van der Waals surface area contributed by atoms with E-state index < -0.39 is 0 Å². The average Bonchev–Trinajstić information content (AvgIpc) is 2.80. The summed E-state index contributed by atoms with van der Waals surface area (Å²) in [6, 6.07) is 35.8. The Morgan fingerprint density at radius 1 is 0.433 bits per heavy atom. The quantitative estimate of drug-likeness (QED) is 0.330. The van der Waals surface area contributed by atoms with Gasteiger partial charge in [-0.25, -0.2) is 0 Å². The lowest BCUT2D eigenvalue weighted by Gasteiger charge is -2.07. The maximum atomic E-state index is 3.46. The van der Waals surface area contributed by atoms with Gasteiger partial charge in [-0.3, -0.25) is 0 Å². The van der Waals surface area contributed by atoms with Crippen molar-refractivity contribution in [2.45, 2.75) is 6.92 Å². The molecular weight excluding hydrogens is 362 g/mol. The van der Waals surface area contributed by atoms with Gasteiger partial charge in [-0.15, -0.1) is 0 Å². The highest BCUT2D eigenvalue weighted by atomic mass is 14.9. The van der Waals surface area contributed by atoms with Crippen LogP contribution < -0.4 is 5.32 Å². The van der Waals surface area contributed by atoms with Gasteiger partial charge < -0.3 is 5.32 Å². The summed E-state index contributed by atoms with van der Waals surface area (Å²) in [6.45, 7) is 2.11. The van der Waals surface area contributed by atoms with E-state index >= 15 is 0 Å². The van der Waals surface area contributed by atoms with Gasteiger partial charge in [0.2, 0.25) is 0 Å². The van der Waals surface area contributed by atoms with E-state index in [-0.39, 0.29) is 0 Å². The molecule has 1 heteroatoms. The largest absolute Gasteiger partial charge is 0.356 e. The minimum Gasteiger partial charge on any atom is -0.356 e. The molecule has 0 aliphatic heterocycles. The lowest BCUT2D eigenvalue weighted by molar-refractivity contribution is 1.46. The van der Waals surface area contributed by atoms with Crippen LogP contribution in [0, 0.1) is 6.92 Å². The van der Waals surface area contributed by atoms with Crippen LogP contribution in [0.3, 0.4) is 0 Å². The van der Waals surface area contributed by atoms with E-state index in [9.17, 15) is 0 Å². The van der Waals surface area contributed by atoms with E-state index in [2.05, 4.69) is 134 Å². The zero-order valence-electron chi connectivity index (χ0n) is 17.1. The number of hydrogen-bond acceptors (Lipinski definition) is 1. The monoisotopic (exact) mass is 387 g/mol. The molecule has 0 unspecified atom stereocenters. The first-order valence-electron chi connectivity index (χ1n) is 10.2. The van der Waals surface area contributed by atoms with E-state index in [1.165, 1.54) is 27.8 Å². The molecule has 0 atom stereocenters. The van der Waals surface area contributed by atoms with E-state index in [1.54, 1.807) is 0 Å². The first-order chi connectivity index (χ1) is 14.7. The van der Waals surface area contributed by atoms with Crippen LogP contribution in [0.15, 0.2) is 103 Å². The second kappa shape index (κ2) is 9.58. The minimum absolute atomic E-state index is 1.08.